The SMILES string of the molecule is CCCCCCCCCCC/C=C\C/C=C\CCCCCCCCCC(=O)NC(CO)C(O)CCCCCCCCCCCCC. The van der Waals surface area contributed by atoms with E-state index >= 15 is 0 Å². The average molecular weight is 648 g/mol. The summed E-state index contributed by atoms with van der Waals surface area (Å²) in [7, 11) is 0. The second kappa shape index (κ2) is 38.3. The lowest BCUT2D eigenvalue weighted by Crippen LogP contribution is -2.45. The third kappa shape index (κ3) is 34.2. The van der Waals surface area contributed by atoms with Crippen LogP contribution in [0.2, 0.25) is 0 Å². The fourth-order valence-corrected chi connectivity index (χ4v) is 6.27. The summed E-state index contributed by atoms with van der Waals surface area (Å²) >= 11 is 0. The molecule has 0 radical (unpaired) electrons. The summed E-state index contributed by atoms with van der Waals surface area (Å²) in [6.07, 6.45) is 48.2. The summed E-state index contributed by atoms with van der Waals surface area (Å²) in [5.74, 6) is -0.0397. The van der Waals surface area contributed by atoms with Gasteiger partial charge in [0.2, 0.25) is 5.91 Å². The van der Waals surface area contributed by atoms with Gasteiger partial charge in [0.25, 0.3) is 0 Å². The minimum absolute atomic E-state index is 0.0397. The van der Waals surface area contributed by atoms with E-state index in [4.69, 9.17) is 0 Å². The fraction of sp³-hybridized carbons (Fsp3) is 0.881. The Labute approximate surface area is 288 Å². The molecule has 0 aromatic heterocycles. The number of unbranched alkanes of at least 4 members (excludes halogenated alkanes) is 26. The van der Waals surface area contributed by atoms with E-state index in [1.54, 1.807) is 0 Å². The first-order valence-electron chi connectivity index (χ1n) is 20.5. The number of aliphatic hydroxyl groups excluding tert-OH is 2. The van der Waals surface area contributed by atoms with E-state index in [1.165, 1.54) is 161 Å². The lowest BCUT2D eigenvalue weighted by atomic mass is 10.0. The van der Waals surface area contributed by atoms with Crippen LogP contribution in [0.25, 0.3) is 0 Å². The molecule has 0 aromatic rings. The first-order chi connectivity index (χ1) is 22.7. The van der Waals surface area contributed by atoms with Gasteiger partial charge in [-0.2, -0.15) is 0 Å². The predicted octanol–water partition coefficient (Wildman–Crippen LogP) is 12.5. The highest BCUT2D eigenvalue weighted by atomic mass is 16.3. The molecule has 272 valence electrons. The van der Waals surface area contributed by atoms with Crippen molar-refractivity contribution in [2.75, 3.05) is 6.61 Å². The van der Waals surface area contributed by atoms with Gasteiger partial charge in [-0.05, 0) is 44.9 Å². The maximum Gasteiger partial charge on any atom is 0.220 e. The zero-order valence-electron chi connectivity index (χ0n) is 31.1. The van der Waals surface area contributed by atoms with E-state index < -0.39 is 12.1 Å². The number of nitrogens with one attached hydrogen (secondary N) is 1. The molecule has 0 aliphatic rings. The second-order valence-corrected chi connectivity index (χ2v) is 14.1. The zero-order chi connectivity index (χ0) is 33.6. The van der Waals surface area contributed by atoms with Crippen molar-refractivity contribution in [3.05, 3.63) is 24.3 Å². The Bertz CT molecular complexity index is 661. The molecular weight excluding hydrogens is 566 g/mol. The van der Waals surface area contributed by atoms with Crippen LogP contribution in [0.3, 0.4) is 0 Å². The Kier molecular flexibility index (Phi) is 37.4. The van der Waals surface area contributed by atoms with Crippen molar-refractivity contribution >= 4 is 5.91 Å². The Balaban J connectivity index is 3.53. The monoisotopic (exact) mass is 648 g/mol. The number of hydrogen-bond acceptors (Lipinski definition) is 3. The topological polar surface area (TPSA) is 69.6 Å². The normalized spacial score (nSPS) is 13.2. The summed E-state index contributed by atoms with van der Waals surface area (Å²) < 4.78 is 0. The summed E-state index contributed by atoms with van der Waals surface area (Å²) in [5, 5.41) is 23.0. The highest BCUT2D eigenvalue weighted by Gasteiger charge is 2.19. The van der Waals surface area contributed by atoms with Gasteiger partial charge < -0.3 is 15.5 Å². The van der Waals surface area contributed by atoms with Gasteiger partial charge in [-0.1, -0.05) is 192 Å². The van der Waals surface area contributed by atoms with Gasteiger partial charge in [0, 0.05) is 6.42 Å². The molecule has 0 aliphatic heterocycles. The molecule has 2 unspecified atom stereocenters. The quantitative estimate of drug-likeness (QED) is 0.0464. The smallest absolute Gasteiger partial charge is 0.220 e. The number of carbonyl (C=O) groups is 1. The molecule has 3 N–H and O–H groups in total. The number of allylic oxidation sites excluding steroid dienone is 4. The van der Waals surface area contributed by atoms with Crippen LogP contribution in [0.15, 0.2) is 24.3 Å². The fourth-order valence-electron chi connectivity index (χ4n) is 6.27. The van der Waals surface area contributed by atoms with Crippen molar-refractivity contribution in [3.8, 4) is 0 Å². The number of aliphatic hydroxyl groups is 2. The van der Waals surface area contributed by atoms with Crippen molar-refractivity contribution < 1.29 is 15.0 Å². The van der Waals surface area contributed by atoms with E-state index in [0.717, 1.165) is 32.1 Å². The van der Waals surface area contributed by atoms with E-state index in [9.17, 15) is 15.0 Å². The number of hydrogen-bond donors (Lipinski definition) is 3. The Morgan fingerprint density at radius 2 is 0.891 bits per heavy atom. The summed E-state index contributed by atoms with van der Waals surface area (Å²) in [6.45, 7) is 4.35. The van der Waals surface area contributed by atoms with E-state index in [2.05, 4.69) is 43.5 Å². The molecule has 0 aromatic carbocycles. The highest BCUT2D eigenvalue weighted by molar-refractivity contribution is 5.76. The largest absolute Gasteiger partial charge is 0.394 e. The van der Waals surface area contributed by atoms with Gasteiger partial charge in [-0.15, -0.1) is 0 Å². The molecule has 0 aliphatic carbocycles. The lowest BCUT2D eigenvalue weighted by Gasteiger charge is -2.22. The van der Waals surface area contributed by atoms with Gasteiger partial charge >= 0.3 is 0 Å². The van der Waals surface area contributed by atoms with Crippen molar-refractivity contribution in [2.24, 2.45) is 0 Å². The van der Waals surface area contributed by atoms with Gasteiger partial charge in [-0.3, -0.25) is 4.79 Å². The minimum Gasteiger partial charge on any atom is -0.394 e. The molecule has 0 heterocycles. The average Bonchev–Trinajstić information content (AvgIpc) is 3.06. The molecule has 4 nitrogen and oxygen atoms in total. The zero-order valence-corrected chi connectivity index (χ0v) is 31.1. The molecular formula is C42H81NO3. The van der Waals surface area contributed by atoms with Crippen LogP contribution in [0.4, 0.5) is 0 Å². The predicted molar refractivity (Wildman–Crippen MR) is 202 cm³/mol. The van der Waals surface area contributed by atoms with Crippen LogP contribution < -0.4 is 5.32 Å². The maximum absolute atomic E-state index is 12.3. The number of rotatable bonds is 37. The molecule has 1 amide bonds. The van der Waals surface area contributed by atoms with Gasteiger partial charge in [0.05, 0.1) is 18.8 Å². The molecule has 0 saturated carbocycles. The first-order valence-corrected chi connectivity index (χ1v) is 20.5. The van der Waals surface area contributed by atoms with Crippen LogP contribution >= 0.6 is 0 Å². The minimum atomic E-state index is -0.659. The molecule has 0 fully saturated rings. The van der Waals surface area contributed by atoms with Crippen LogP contribution in [-0.2, 0) is 4.79 Å². The summed E-state index contributed by atoms with van der Waals surface area (Å²) in [6, 6.07) is -0.537. The van der Waals surface area contributed by atoms with E-state index in [0.29, 0.717) is 12.8 Å². The molecule has 2 atom stereocenters. The van der Waals surface area contributed by atoms with Crippen LogP contribution in [0.5, 0.6) is 0 Å². The highest BCUT2D eigenvalue weighted by Crippen LogP contribution is 2.15. The Hall–Kier alpha value is -1.13. The van der Waals surface area contributed by atoms with Crippen molar-refractivity contribution in [1.82, 2.24) is 5.32 Å². The third-order valence-electron chi connectivity index (χ3n) is 9.47. The first kappa shape index (κ1) is 44.9. The molecule has 4 heteroatoms. The van der Waals surface area contributed by atoms with Crippen LogP contribution in [0.1, 0.15) is 219 Å². The lowest BCUT2D eigenvalue weighted by molar-refractivity contribution is -0.123. The van der Waals surface area contributed by atoms with E-state index in [-0.39, 0.29) is 12.5 Å². The number of amides is 1. The van der Waals surface area contributed by atoms with Crippen LogP contribution in [0, 0.1) is 0 Å². The molecule has 46 heavy (non-hydrogen) atoms. The number of carbonyl (C=O) groups excluding carboxylic acids is 1. The molecule has 0 bridgehead atoms. The van der Waals surface area contributed by atoms with Gasteiger partial charge in [0.15, 0.2) is 0 Å². The van der Waals surface area contributed by atoms with Crippen molar-refractivity contribution in [1.29, 1.82) is 0 Å². The second-order valence-electron chi connectivity index (χ2n) is 14.1. The van der Waals surface area contributed by atoms with Gasteiger partial charge in [0.1, 0.15) is 0 Å². The van der Waals surface area contributed by atoms with Crippen LogP contribution in [-0.4, -0.2) is 34.9 Å². The standard InChI is InChI=1S/C42H81NO3/c1-3-5-7-9-11-13-15-16-17-18-19-20-21-22-23-24-25-26-28-30-32-34-36-38-42(46)43-40(39-44)41(45)37-35-33-31-29-27-14-12-10-8-6-4-2/h19-20,22-23,40-41,44-45H,3-18,21,24-39H2,1-2H3,(H,43,46)/b20-19-,23-22-. The summed E-state index contributed by atoms with van der Waals surface area (Å²) in [5.41, 5.74) is 0. The van der Waals surface area contributed by atoms with Crippen molar-refractivity contribution in [3.63, 3.8) is 0 Å². The third-order valence-corrected chi connectivity index (χ3v) is 9.47. The van der Waals surface area contributed by atoms with Gasteiger partial charge in [-0.25, -0.2) is 0 Å². The molecule has 0 rings (SSSR count). The Morgan fingerprint density at radius 1 is 0.522 bits per heavy atom. The van der Waals surface area contributed by atoms with Crippen molar-refractivity contribution in [2.45, 2.75) is 231 Å². The molecule has 0 spiro atoms. The molecule has 0 saturated heterocycles. The van der Waals surface area contributed by atoms with E-state index in [1.807, 2.05) is 0 Å². The summed E-state index contributed by atoms with van der Waals surface area (Å²) in [4.78, 5) is 12.3. The maximum atomic E-state index is 12.3. The Morgan fingerprint density at radius 3 is 1.30 bits per heavy atom.